The van der Waals surface area contributed by atoms with Crippen LogP contribution in [-0.4, -0.2) is 32.2 Å². The van der Waals surface area contributed by atoms with Gasteiger partial charge in [0.1, 0.15) is 22.8 Å². The molecular weight excluding hydrogens is 374 g/mol. The molecule has 1 fully saturated rings. The summed E-state index contributed by atoms with van der Waals surface area (Å²) in [6, 6.07) is 8.10. The number of aromatic nitrogens is 1. The number of hydrogen-bond donors (Lipinski definition) is 1. The van der Waals surface area contributed by atoms with E-state index in [1.54, 1.807) is 34.6 Å². The average molecular weight is 396 g/mol. The van der Waals surface area contributed by atoms with Crippen molar-refractivity contribution in [3.05, 3.63) is 41.1 Å². The number of rotatable bonds is 4. The van der Waals surface area contributed by atoms with Gasteiger partial charge in [0.2, 0.25) is 5.91 Å². The Hall–Kier alpha value is -1.70. The molecule has 1 aromatic carbocycles. The van der Waals surface area contributed by atoms with Gasteiger partial charge in [-0.15, -0.1) is 0 Å². The Bertz CT molecular complexity index is 814. The number of benzene rings is 1. The molecule has 26 heavy (non-hydrogen) atoms. The van der Waals surface area contributed by atoms with E-state index in [0.29, 0.717) is 34.5 Å². The zero-order chi connectivity index (χ0) is 18.9. The van der Waals surface area contributed by atoms with Gasteiger partial charge in [0, 0.05) is 23.0 Å². The molecule has 2 aromatic rings. The lowest BCUT2D eigenvalue weighted by Gasteiger charge is -2.22. The minimum Gasteiger partial charge on any atom is -0.359 e. The van der Waals surface area contributed by atoms with E-state index in [1.165, 1.54) is 0 Å². The summed E-state index contributed by atoms with van der Waals surface area (Å²) in [7, 11) is -1.41. The number of carbonyl (C=O) groups excluding carboxylic acids is 1. The smallest absolute Gasteiger partial charge is 0.243 e. The Morgan fingerprint density at radius 3 is 2.65 bits per heavy atom. The minimum absolute atomic E-state index is 0.189. The summed E-state index contributed by atoms with van der Waals surface area (Å²) >= 11 is 5.89. The predicted octanol–water partition coefficient (Wildman–Crippen LogP) is 3.75. The van der Waals surface area contributed by atoms with Crippen LogP contribution in [0, 0.1) is 0 Å². The van der Waals surface area contributed by atoms with Gasteiger partial charge < -0.3 is 9.84 Å². The first-order valence-corrected chi connectivity index (χ1v) is 9.96. The molecule has 140 valence electrons. The molecule has 1 N–H and O–H groups in total. The molecule has 0 radical (unpaired) electrons. The second kappa shape index (κ2) is 7.50. The maximum atomic E-state index is 12.8. The Morgan fingerprint density at radius 2 is 2.04 bits per heavy atom. The van der Waals surface area contributed by atoms with Gasteiger partial charge in [-0.1, -0.05) is 37.5 Å². The predicted molar refractivity (Wildman–Crippen MR) is 101 cm³/mol. The highest BCUT2D eigenvalue weighted by molar-refractivity contribution is 7.82. The van der Waals surface area contributed by atoms with Crippen LogP contribution in [0.3, 0.4) is 0 Å². The SMILES string of the molecule is CC(C)(C)c1cc(NC(=O)C2CCCN2S(=O)c2ccc(Cl)cc2)no1. The van der Waals surface area contributed by atoms with E-state index in [-0.39, 0.29) is 11.3 Å². The number of anilines is 1. The number of amides is 1. The second-order valence-electron chi connectivity index (χ2n) is 7.32. The van der Waals surface area contributed by atoms with Gasteiger partial charge in [-0.05, 0) is 37.1 Å². The largest absolute Gasteiger partial charge is 0.359 e. The third kappa shape index (κ3) is 4.16. The Balaban J connectivity index is 1.71. The van der Waals surface area contributed by atoms with Crippen LogP contribution in [0.4, 0.5) is 5.82 Å². The molecule has 2 unspecified atom stereocenters. The number of hydrogen-bond acceptors (Lipinski definition) is 4. The Labute approximate surface area is 160 Å². The van der Waals surface area contributed by atoms with Crippen molar-refractivity contribution < 1.29 is 13.5 Å². The normalized spacial score (nSPS) is 19.5. The van der Waals surface area contributed by atoms with Crippen molar-refractivity contribution >= 4 is 34.3 Å². The lowest BCUT2D eigenvalue weighted by atomic mass is 9.93. The molecule has 0 aliphatic carbocycles. The lowest BCUT2D eigenvalue weighted by Crippen LogP contribution is -2.40. The van der Waals surface area contributed by atoms with Crippen LogP contribution in [0.2, 0.25) is 5.02 Å². The number of halogens is 1. The van der Waals surface area contributed by atoms with Gasteiger partial charge >= 0.3 is 0 Å². The van der Waals surface area contributed by atoms with Crippen molar-refractivity contribution in [3.63, 3.8) is 0 Å². The lowest BCUT2D eigenvalue weighted by molar-refractivity contribution is -0.119. The molecule has 2 atom stereocenters. The number of nitrogens with one attached hydrogen (secondary N) is 1. The topological polar surface area (TPSA) is 75.4 Å². The third-order valence-corrected chi connectivity index (χ3v) is 6.03. The van der Waals surface area contributed by atoms with Crippen molar-refractivity contribution in [1.29, 1.82) is 0 Å². The van der Waals surface area contributed by atoms with E-state index in [4.69, 9.17) is 16.1 Å². The average Bonchev–Trinajstić information content (AvgIpc) is 3.23. The van der Waals surface area contributed by atoms with Crippen molar-refractivity contribution in [1.82, 2.24) is 9.46 Å². The summed E-state index contributed by atoms with van der Waals surface area (Å²) in [5.74, 6) is 0.850. The van der Waals surface area contributed by atoms with Gasteiger partial charge in [-0.25, -0.2) is 8.51 Å². The van der Waals surface area contributed by atoms with E-state index in [0.717, 1.165) is 6.42 Å². The standard InChI is InChI=1S/C18H22ClN3O3S/c1-18(2,3)15-11-16(21-25-15)20-17(23)14-5-4-10-22(14)26(24)13-8-6-12(19)7-9-13/h6-9,11,14H,4-5,10H2,1-3H3,(H,20,21,23). The van der Waals surface area contributed by atoms with Crippen molar-refractivity contribution in [2.45, 2.75) is 50.0 Å². The summed E-state index contributed by atoms with van der Waals surface area (Å²) in [5.41, 5.74) is -0.189. The van der Waals surface area contributed by atoms with Crippen LogP contribution < -0.4 is 5.32 Å². The molecule has 0 bridgehead atoms. The zero-order valence-electron chi connectivity index (χ0n) is 15.0. The fraction of sp³-hybridized carbons (Fsp3) is 0.444. The molecule has 1 aromatic heterocycles. The summed E-state index contributed by atoms with van der Waals surface area (Å²) in [4.78, 5) is 13.3. The van der Waals surface area contributed by atoms with Gasteiger partial charge in [-0.3, -0.25) is 4.79 Å². The van der Waals surface area contributed by atoms with Crippen molar-refractivity contribution in [2.24, 2.45) is 0 Å². The van der Waals surface area contributed by atoms with Crippen LogP contribution in [0.15, 0.2) is 39.8 Å². The van der Waals surface area contributed by atoms with Gasteiger partial charge in [0.05, 0.1) is 4.90 Å². The molecule has 2 heterocycles. The molecule has 1 aliphatic heterocycles. The van der Waals surface area contributed by atoms with Crippen molar-refractivity contribution in [3.8, 4) is 0 Å². The zero-order valence-corrected chi connectivity index (χ0v) is 16.6. The first kappa shape index (κ1) is 19.1. The Morgan fingerprint density at radius 1 is 1.35 bits per heavy atom. The maximum Gasteiger partial charge on any atom is 0.243 e. The van der Waals surface area contributed by atoms with Crippen LogP contribution >= 0.6 is 11.6 Å². The molecule has 1 amide bonds. The van der Waals surface area contributed by atoms with E-state index in [2.05, 4.69) is 10.5 Å². The number of carbonyl (C=O) groups is 1. The van der Waals surface area contributed by atoms with Gasteiger partial charge in [-0.2, -0.15) is 0 Å². The molecule has 6 nitrogen and oxygen atoms in total. The summed E-state index contributed by atoms with van der Waals surface area (Å²) in [6.07, 6.45) is 1.46. The van der Waals surface area contributed by atoms with Crippen LogP contribution in [0.5, 0.6) is 0 Å². The van der Waals surface area contributed by atoms with Crippen LogP contribution in [-0.2, 0) is 21.2 Å². The fourth-order valence-electron chi connectivity index (χ4n) is 2.78. The van der Waals surface area contributed by atoms with Crippen LogP contribution in [0.1, 0.15) is 39.4 Å². The molecular formula is C18H22ClN3O3S. The number of nitrogens with zero attached hydrogens (tertiary/aromatic N) is 2. The summed E-state index contributed by atoms with van der Waals surface area (Å²) in [6.45, 7) is 6.62. The maximum absolute atomic E-state index is 12.8. The van der Waals surface area contributed by atoms with E-state index in [1.807, 2.05) is 20.8 Å². The van der Waals surface area contributed by atoms with Gasteiger partial charge in [0.25, 0.3) is 0 Å². The first-order valence-electron chi connectivity index (χ1n) is 8.48. The van der Waals surface area contributed by atoms with E-state index < -0.39 is 17.0 Å². The molecule has 0 spiro atoms. The van der Waals surface area contributed by atoms with Gasteiger partial charge in [0.15, 0.2) is 5.82 Å². The first-order chi connectivity index (χ1) is 12.3. The molecule has 8 heteroatoms. The molecule has 0 saturated carbocycles. The van der Waals surface area contributed by atoms with Crippen molar-refractivity contribution in [2.75, 3.05) is 11.9 Å². The quantitative estimate of drug-likeness (QED) is 0.855. The van der Waals surface area contributed by atoms with E-state index >= 15 is 0 Å². The Kier molecular flexibility index (Phi) is 5.50. The second-order valence-corrected chi connectivity index (χ2v) is 9.19. The highest BCUT2D eigenvalue weighted by Crippen LogP contribution is 2.27. The fourth-order valence-corrected chi connectivity index (χ4v) is 4.28. The minimum atomic E-state index is -1.41. The summed E-state index contributed by atoms with van der Waals surface area (Å²) in [5, 5.41) is 7.28. The van der Waals surface area contributed by atoms with E-state index in [9.17, 15) is 9.00 Å². The molecule has 1 aliphatic rings. The molecule has 3 rings (SSSR count). The van der Waals surface area contributed by atoms with Crippen LogP contribution in [0.25, 0.3) is 0 Å². The monoisotopic (exact) mass is 395 g/mol. The summed E-state index contributed by atoms with van der Waals surface area (Å²) < 4.78 is 19.8. The molecule has 1 saturated heterocycles. The highest BCUT2D eigenvalue weighted by atomic mass is 35.5. The third-order valence-electron chi connectivity index (χ3n) is 4.24. The highest BCUT2D eigenvalue weighted by Gasteiger charge is 2.35.